The van der Waals surface area contributed by atoms with Gasteiger partial charge in [0, 0.05) is 12.8 Å². The Morgan fingerprint density at radius 3 is 2.23 bits per heavy atom. The highest BCUT2D eigenvalue weighted by molar-refractivity contribution is 5.72. The molecule has 0 saturated carbocycles. The average molecular weight is 316 g/mol. The molecule has 22 heavy (non-hydrogen) atoms. The van der Waals surface area contributed by atoms with Crippen LogP contribution < -0.4 is 0 Å². The number of hydrogen-bond acceptors (Lipinski definition) is 6. The van der Waals surface area contributed by atoms with Crippen molar-refractivity contribution in [3.8, 4) is 0 Å². The lowest BCUT2D eigenvalue weighted by Crippen LogP contribution is -2.41. The molecule has 0 bridgehead atoms. The van der Waals surface area contributed by atoms with E-state index in [1.165, 1.54) is 0 Å². The van der Waals surface area contributed by atoms with Gasteiger partial charge in [0.1, 0.15) is 13.4 Å². The van der Waals surface area contributed by atoms with Crippen LogP contribution in [0.2, 0.25) is 0 Å². The van der Waals surface area contributed by atoms with Crippen LogP contribution in [0.4, 0.5) is 0 Å². The molecule has 1 heterocycles. The van der Waals surface area contributed by atoms with E-state index in [4.69, 9.17) is 18.9 Å². The Balaban J connectivity index is 2.13. The second kappa shape index (κ2) is 10.6. The van der Waals surface area contributed by atoms with E-state index in [0.29, 0.717) is 39.6 Å². The molecule has 6 heteroatoms. The van der Waals surface area contributed by atoms with Crippen molar-refractivity contribution < 1.29 is 28.5 Å². The monoisotopic (exact) mass is 316 g/mol. The first-order chi connectivity index (χ1) is 10.6. The van der Waals surface area contributed by atoms with Crippen LogP contribution in [0, 0.1) is 5.41 Å². The summed E-state index contributed by atoms with van der Waals surface area (Å²) in [6, 6.07) is 0. The first-order valence-corrected chi connectivity index (χ1v) is 8.08. The lowest BCUT2D eigenvalue weighted by atomic mass is 9.87. The molecule has 1 fully saturated rings. The second-order valence-electron chi connectivity index (χ2n) is 5.76. The standard InChI is InChI=1S/C16H28O6/c1-3-5-9-21-14(17)7-6-8-15(18)22-12-16(4-2)10-19-13-20-11-16/h3-13H2,1-2H3. The summed E-state index contributed by atoms with van der Waals surface area (Å²) in [7, 11) is 0. The Labute approximate surface area is 132 Å². The third-order valence-electron chi connectivity index (χ3n) is 3.80. The highest BCUT2D eigenvalue weighted by Gasteiger charge is 2.33. The van der Waals surface area contributed by atoms with E-state index in [1.807, 2.05) is 13.8 Å². The Kier molecular flexibility index (Phi) is 9.08. The van der Waals surface area contributed by atoms with Crippen molar-refractivity contribution >= 4 is 11.9 Å². The molecule has 0 amide bonds. The van der Waals surface area contributed by atoms with Crippen LogP contribution in [-0.4, -0.2) is 45.2 Å². The van der Waals surface area contributed by atoms with E-state index in [2.05, 4.69) is 0 Å². The van der Waals surface area contributed by atoms with Crippen LogP contribution in [-0.2, 0) is 28.5 Å². The third-order valence-corrected chi connectivity index (χ3v) is 3.80. The van der Waals surface area contributed by atoms with Gasteiger partial charge in [0.2, 0.25) is 0 Å². The zero-order valence-corrected chi connectivity index (χ0v) is 13.7. The van der Waals surface area contributed by atoms with Crippen LogP contribution in [0.1, 0.15) is 52.4 Å². The van der Waals surface area contributed by atoms with E-state index in [1.54, 1.807) is 0 Å². The van der Waals surface area contributed by atoms with Crippen molar-refractivity contribution in [2.75, 3.05) is 33.2 Å². The minimum atomic E-state index is -0.292. The quantitative estimate of drug-likeness (QED) is 0.455. The molecule has 0 aromatic carbocycles. The first kappa shape index (κ1) is 18.9. The second-order valence-corrected chi connectivity index (χ2v) is 5.76. The maximum Gasteiger partial charge on any atom is 0.305 e. The fraction of sp³-hybridized carbons (Fsp3) is 0.875. The van der Waals surface area contributed by atoms with Crippen molar-refractivity contribution in [3.05, 3.63) is 0 Å². The normalized spacial score (nSPS) is 17.0. The van der Waals surface area contributed by atoms with Crippen molar-refractivity contribution in [2.45, 2.75) is 52.4 Å². The molecule has 0 N–H and O–H groups in total. The third kappa shape index (κ3) is 7.22. The van der Waals surface area contributed by atoms with Crippen LogP contribution in [0.15, 0.2) is 0 Å². The van der Waals surface area contributed by atoms with Gasteiger partial charge in [-0.25, -0.2) is 0 Å². The van der Waals surface area contributed by atoms with Crippen molar-refractivity contribution in [1.82, 2.24) is 0 Å². The van der Waals surface area contributed by atoms with Crippen LogP contribution >= 0.6 is 0 Å². The van der Waals surface area contributed by atoms with Gasteiger partial charge in [-0.15, -0.1) is 0 Å². The first-order valence-electron chi connectivity index (χ1n) is 8.08. The summed E-state index contributed by atoms with van der Waals surface area (Å²) in [6.45, 7) is 6.20. The van der Waals surface area contributed by atoms with Gasteiger partial charge in [-0.05, 0) is 19.3 Å². The van der Waals surface area contributed by atoms with Crippen molar-refractivity contribution in [1.29, 1.82) is 0 Å². The van der Waals surface area contributed by atoms with Gasteiger partial charge in [0.25, 0.3) is 0 Å². The summed E-state index contributed by atoms with van der Waals surface area (Å²) >= 11 is 0. The van der Waals surface area contributed by atoms with Crippen LogP contribution in [0.5, 0.6) is 0 Å². The molecular weight excluding hydrogens is 288 g/mol. The highest BCUT2D eigenvalue weighted by atomic mass is 16.7. The Morgan fingerprint density at radius 2 is 1.64 bits per heavy atom. The van der Waals surface area contributed by atoms with Gasteiger partial charge < -0.3 is 18.9 Å². The Bertz CT molecular complexity index is 336. The molecule has 1 rings (SSSR count). The maximum atomic E-state index is 11.7. The molecule has 0 aliphatic carbocycles. The summed E-state index contributed by atoms with van der Waals surface area (Å²) < 4.78 is 20.9. The lowest BCUT2D eigenvalue weighted by Gasteiger charge is -2.35. The van der Waals surface area contributed by atoms with Crippen molar-refractivity contribution in [2.24, 2.45) is 5.41 Å². The fourth-order valence-corrected chi connectivity index (χ4v) is 2.09. The lowest BCUT2D eigenvalue weighted by molar-refractivity contribution is -0.187. The molecule has 0 radical (unpaired) electrons. The Hall–Kier alpha value is -1.14. The highest BCUT2D eigenvalue weighted by Crippen LogP contribution is 2.26. The molecule has 0 atom stereocenters. The molecule has 1 aliphatic heterocycles. The number of hydrogen-bond donors (Lipinski definition) is 0. The SMILES string of the molecule is CCCCOC(=O)CCCC(=O)OCC1(CC)COCOC1. The topological polar surface area (TPSA) is 71.1 Å². The summed E-state index contributed by atoms with van der Waals surface area (Å²) in [5.41, 5.74) is -0.243. The molecule has 128 valence electrons. The predicted octanol–water partition coefficient (Wildman–Crippen LogP) is 2.44. The average Bonchev–Trinajstić information content (AvgIpc) is 2.54. The number of unbranched alkanes of at least 4 members (excludes halogenated alkanes) is 1. The van der Waals surface area contributed by atoms with E-state index in [-0.39, 0.29) is 30.2 Å². The van der Waals surface area contributed by atoms with Crippen LogP contribution in [0.25, 0.3) is 0 Å². The molecule has 0 spiro atoms. The van der Waals surface area contributed by atoms with E-state index in [9.17, 15) is 9.59 Å². The number of esters is 2. The molecule has 1 aliphatic rings. The molecule has 6 nitrogen and oxygen atoms in total. The van der Waals surface area contributed by atoms with Crippen molar-refractivity contribution in [3.63, 3.8) is 0 Å². The molecule has 0 unspecified atom stereocenters. The number of ether oxygens (including phenoxy) is 4. The summed E-state index contributed by atoms with van der Waals surface area (Å²) in [5, 5.41) is 0. The number of carbonyl (C=O) groups is 2. The summed E-state index contributed by atoms with van der Waals surface area (Å²) in [4.78, 5) is 23.1. The molecule has 0 aromatic rings. The van der Waals surface area contributed by atoms with E-state index < -0.39 is 0 Å². The number of carbonyl (C=O) groups excluding carboxylic acids is 2. The van der Waals surface area contributed by atoms with Gasteiger partial charge in [0.05, 0.1) is 25.2 Å². The maximum absolute atomic E-state index is 11.7. The summed E-state index contributed by atoms with van der Waals surface area (Å²) in [5.74, 6) is -0.542. The van der Waals surface area contributed by atoms with Gasteiger partial charge in [0.15, 0.2) is 0 Å². The van der Waals surface area contributed by atoms with E-state index >= 15 is 0 Å². The fourth-order valence-electron chi connectivity index (χ4n) is 2.09. The van der Waals surface area contributed by atoms with Gasteiger partial charge >= 0.3 is 11.9 Å². The zero-order valence-electron chi connectivity index (χ0n) is 13.7. The van der Waals surface area contributed by atoms with Gasteiger partial charge in [-0.3, -0.25) is 9.59 Å². The zero-order chi connectivity index (χ0) is 16.3. The van der Waals surface area contributed by atoms with Gasteiger partial charge in [-0.2, -0.15) is 0 Å². The minimum Gasteiger partial charge on any atom is -0.466 e. The smallest absolute Gasteiger partial charge is 0.305 e. The molecule has 1 saturated heterocycles. The number of rotatable bonds is 10. The van der Waals surface area contributed by atoms with Gasteiger partial charge in [-0.1, -0.05) is 20.3 Å². The predicted molar refractivity (Wildman–Crippen MR) is 80.2 cm³/mol. The Morgan fingerprint density at radius 1 is 1.00 bits per heavy atom. The largest absolute Gasteiger partial charge is 0.466 e. The molecule has 0 aromatic heterocycles. The summed E-state index contributed by atoms with van der Waals surface area (Å²) in [6.07, 6.45) is 3.62. The van der Waals surface area contributed by atoms with Crippen LogP contribution in [0.3, 0.4) is 0 Å². The minimum absolute atomic E-state index is 0.227. The molecular formula is C16H28O6. The van der Waals surface area contributed by atoms with E-state index in [0.717, 1.165) is 19.3 Å².